The van der Waals surface area contributed by atoms with Crippen molar-refractivity contribution in [3.8, 4) is 5.75 Å². The van der Waals surface area contributed by atoms with Gasteiger partial charge in [0.05, 0.1) is 7.11 Å². The first-order chi connectivity index (χ1) is 16.9. The highest BCUT2D eigenvalue weighted by atomic mass is 16.5. The lowest BCUT2D eigenvalue weighted by atomic mass is 10.0. The zero-order valence-electron chi connectivity index (χ0n) is 20.1. The molecule has 3 atom stereocenters. The molecule has 184 valence electrons. The maximum Gasteiger partial charge on any atom is 0.362 e. The Morgan fingerprint density at radius 1 is 1.23 bits per heavy atom. The number of quaternary nitrogens is 1. The molecular formula is C26H32N5O4+. The number of aryl methyl sites for hydroxylation is 1. The van der Waals surface area contributed by atoms with E-state index in [9.17, 15) is 14.7 Å². The van der Waals surface area contributed by atoms with Crippen molar-refractivity contribution in [2.75, 3.05) is 26.7 Å². The third kappa shape index (κ3) is 5.58. The molecule has 9 heteroatoms. The second-order valence-corrected chi connectivity index (χ2v) is 9.08. The second-order valence-electron chi connectivity index (χ2n) is 9.08. The highest BCUT2D eigenvalue weighted by Gasteiger charge is 2.49. The highest BCUT2D eigenvalue weighted by molar-refractivity contribution is 5.83. The van der Waals surface area contributed by atoms with E-state index in [1.807, 2.05) is 55.5 Å². The van der Waals surface area contributed by atoms with Crippen molar-refractivity contribution in [1.29, 1.82) is 0 Å². The third-order valence-corrected chi connectivity index (χ3v) is 6.54. The SMILES string of the molecule is COc1ccccc1CN(C[C@H]1CCCN1)C(=O)[C@@H](c1ccc(C)cc1)[N+]1(CC(=O)O)C=CN=N1. The topological polar surface area (TPSA) is 104 Å². The first-order valence-electron chi connectivity index (χ1n) is 11.8. The molecule has 2 heterocycles. The van der Waals surface area contributed by atoms with Gasteiger partial charge in [0.2, 0.25) is 12.6 Å². The van der Waals surface area contributed by atoms with Crippen LogP contribution in [0.1, 0.15) is 35.6 Å². The van der Waals surface area contributed by atoms with E-state index in [1.54, 1.807) is 18.2 Å². The van der Waals surface area contributed by atoms with E-state index in [4.69, 9.17) is 4.74 Å². The predicted octanol–water partition coefficient (Wildman–Crippen LogP) is 3.58. The minimum atomic E-state index is -1.06. The minimum absolute atomic E-state index is 0.163. The average molecular weight is 479 g/mol. The van der Waals surface area contributed by atoms with Crippen LogP contribution in [-0.4, -0.2) is 59.3 Å². The van der Waals surface area contributed by atoms with Crippen LogP contribution < -0.4 is 10.1 Å². The molecule has 2 aromatic carbocycles. The summed E-state index contributed by atoms with van der Waals surface area (Å²) in [5.41, 5.74) is 2.62. The molecular weight excluding hydrogens is 446 g/mol. The molecule has 0 spiro atoms. The number of carboxylic acid groups (broad SMARTS) is 1. The summed E-state index contributed by atoms with van der Waals surface area (Å²) >= 11 is 0. The Labute approximate surface area is 205 Å². The van der Waals surface area contributed by atoms with Gasteiger partial charge < -0.3 is 20.1 Å². The van der Waals surface area contributed by atoms with Crippen LogP contribution in [0.25, 0.3) is 0 Å². The molecule has 1 amide bonds. The van der Waals surface area contributed by atoms with Crippen molar-refractivity contribution in [1.82, 2.24) is 10.2 Å². The molecule has 1 unspecified atom stereocenters. The molecule has 4 rings (SSSR count). The molecule has 0 aliphatic carbocycles. The Kier molecular flexibility index (Phi) is 7.57. The molecule has 2 aromatic rings. The van der Waals surface area contributed by atoms with Gasteiger partial charge in [-0.15, -0.1) is 9.71 Å². The normalized spacial score (nSPS) is 21.7. The Balaban J connectivity index is 1.76. The molecule has 0 radical (unpaired) electrons. The van der Waals surface area contributed by atoms with E-state index in [1.165, 1.54) is 6.20 Å². The fourth-order valence-electron chi connectivity index (χ4n) is 4.79. The van der Waals surface area contributed by atoms with Crippen molar-refractivity contribution < 1.29 is 24.0 Å². The fourth-order valence-corrected chi connectivity index (χ4v) is 4.79. The minimum Gasteiger partial charge on any atom is -0.496 e. The Morgan fingerprint density at radius 2 is 2.00 bits per heavy atom. The summed E-state index contributed by atoms with van der Waals surface area (Å²) < 4.78 is 5.10. The van der Waals surface area contributed by atoms with Gasteiger partial charge in [0.1, 0.15) is 18.1 Å². The average Bonchev–Trinajstić information content (AvgIpc) is 3.53. The number of nitrogens with zero attached hydrogens (tertiary/aromatic N) is 4. The maximum absolute atomic E-state index is 14.4. The van der Waals surface area contributed by atoms with E-state index in [-0.39, 0.29) is 11.9 Å². The fraction of sp³-hybridized carbons (Fsp3) is 0.385. The smallest absolute Gasteiger partial charge is 0.362 e. The van der Waals surface area contributed by atoms with Crippen LogP contribution in [0.2, 0.25) is 0 Å². The number of para-hydroxylation sites is 1. The Hall–Kier alpha value is -3.56. The molecule has 0 saturated carbocycles. The van der Waals surface area contributed by atoms with Gasteiger partial charge in [-0.2, -0.15) is 0 Å². The number of nitrogens with one attached hydrogen (secondary N) is 1. The number of rotatable bonds is 10. The number of hydrogen-bond donors (Lipinski definition) is 2. The maximum atomic E-state index is 14.4. The zero-order valence-corrected chi connectivity index (χ0v) is 20.1. The van der Waals surface area contributed by atoms with Gasteiger partial charge in [0.25, 0.3) is 5.91 Å². The standard InChI is InChI=1S/C26H31N5O4/c1-19-9-11-20(12-10-19)25(31(18-24(32)33)15-14-28-29-31)26(34)30(17-22-7-5-13-27-22)16-21-6-3-4-8-23(21)35-2/h3-4,6,8-12,14-15,22,25,27H,5,7,13,16-18H2,1-2H3/p+1/t22-,25-,31?/m1/s1. The number of hydrogen-bond acceptors (Lipinski definition) is 6. The van der Waals surface area contributed by atoms with E-state index < -0.39 is 23.1 Å². The van der Waals surface area contributed by atoms with Gasteiger partial charge in [-0.3, -0.25) is 4.79 Å². The lowest BCUT2D eigenvalue weighted by Crippen LogP contribution is -2.52. The Bertz CT molecular complexity index is 1100. The molecule has 0 aromatic heterocycles. The monoisotopic (exact) mass is 478 g/mol. The van der Waals surface area contributed by atoms with Gasteiger partial charge in [0, 0.05) is 35.5 Å². The number of carboxylic acids is 1. The molecule has 1 saturated heterocycles. The van der Waals surface area contributed by atoms with Gasteiger partial charge >= 0.3 is 5.97 Å². The van der Waals surface area contributed by atoms with E-state index in [2.05, 4.69) is 15.7 Å². The van der Waals surface area contributed by atoms with Crippen LogP contribution in [0.4, 0.5) is 0 Å². The van der Waals surface area contributed by atoms with Crippen LogP contribution in [0.3, 0.4) is 0 Å². The number of carbonyl (C=O) groups excluding carboxylic acids is 1. The summed E-state index contributed by atoms with van der Waals surface area (Å²) in [5, 5.41) is 21.4. The van der Waals surface area contributed by atoms with Crippen LogP contribution in [0.15, 0.2) is 71.3 Å². The highest BCUT2D eigenvalue weighted by Crippen LogP contribution is 2.36. The summed E-state index contributed by atoms with van der Waals surface area (Å²) in [6.07, 6.45) is 5.07. The number of benzene rings is 2. The number of ether oxygens (including phenoxy) is 1. The number of amides is 1. The van der Waals surface area contributed by atoms with Crippen LogP contribution in [0, 0.1) is 6.92 Å². The lowest BCUT2D eigenvalue weighted by molar-refractivity contribution is -0.902. The Morgan fingerprint density at radius 3 is 2.63 bits per heavy atom. The molecule has 1 fully saturated rings. The van der Waals surface area contributed by atoms with Gasteiger partial charge in [-0.05, 0) is 32.4 Å². The van der Waals surface area contributed by atoms with Crippen LogP contribution in [0.5, 0.6) is 5.75 Å². The number of methoxy groups -OCH3 is 1. The molecule has 2 N–H and O–H groups in total. The number of aliphatic carboxylic acids is 1. The van der Waals surface area contributed by atoms with Gasteiger partial charge in [-0.25, -0.2) is 4.79 Å². The molecule has 2 aliphatic heterocycles. The second kappa shape index (κ2) is 10.8. The molecule has 2 aliphatic rings. The molecule has 35 heavy (non-hydrogen) atoms. The first-order valence-corrected chi connectivity index (χ1v) is 11.8. The quantitative estimate of drug-likeness (QED) is 0.508. The molecule has 0 bridgehead atoms. The lowest BCUT2D eigenvalue weighted by Gasteiger charge is -2.35. The van der Waals surface area contributed by atoms with Gasteiger partial charge in [0.15, 0.2) is 0 Å². The van der Waals surface area contributed by atoms with E-state index >= 15 is 0 Å². The van der Waals surface area contributed by atoms with Gasteiger partial charge in [-0.1, -0.05) is 48.0 Å². The zero-order chi connectivity index (χ0) is 24.8. The van der Waals surface area contributed by atoms with E-state index in [0.29, 0.717) is 24.4 Å². The van der Waals surface area contributed by atoms with Crippen LogP contribution >= 0.6 is 0 Å². The van der Waals surface area contributed by atoms with Crippen molar-refractivity contribution in [3.63, 3.8) is 0 Å². The van der Waals surface area contributed by atoms with E-state index in [0.717, 1.165) is 30.5 Å². The summed E-state index contributed by atoms with van der Waals surface area (Å²) in [6.45, 7) is 3.31. The first kappa shape index (κ1) is 24.6. The number of carbonyl (C=O) groups is 2. The van der Waals surface area contributed by atoms with Crippen LogP contribution in [-0.2, 0) is 16.1 Å². The molecule has 9 nitrogen and oxygen atoms in total. The largest absolute Gasteiger partial charge is 0.496 e. The van der Waals surface area contributed by atoms with Crippen molar-refractivity contribution >= 4 is 11.9 Å². The summed E-state index contributed by atoms with van der Waals surface area (Å²) in [5.74, 6) is -0.568. The summed E-state index contributed by atoms with van der Waals surface area (Å²) in [4.78, 5) is 28.1. The predicted molar refractivity (Wildman–Crippen MR) is 130 cm³/mol. The van der Waals surface area contributed by atoms with Crippen molar-refractivity contribution in [2.24, 2.45) is 10.3 Å². The van der Waals surface area contributed by atoms with Crippen molar-refractivity contribution in [3.05, 3.63) is 77.6 Å². The summed E-state index contributed by atoms with van der Waals surface area (Å²) in [7, 11) is 1.61. The third-order valence-electron chi connectivity index (χ3n) is 6.54. The van der Waals surface area contributed by atoms with Crippen molar-refractivity contribution in [2.45, 2.75) is 38.4 Å². The summed E-state index contributed by atoms with van der Waals surface area (Å²) in [6, 6.07) is 14.5.